The van der Waals surface area contributed by atoms with Gasteiger partial charge in [-0.05, 0) is 49.5 Å². The lowest BCUT2D eigenvalue weighted by molar-refractivity contribution is -0.120. The number of benzene rings is 1. The maximum Gasteiger partial charge on any atom is 0.200 e. The third-order valence-electron chi connectivity index (χ3n) is 7.65. The summed E-state index contributed by atoms with van der Waals surface area (Å²) < 4.78 is 37.2. The summed E-state index contributed by atoms with van der Waals surface area (Å²) in [5.74, 6) is -0.0824. The highest BCUT2D eigenvalue weighted by atomic mass is 32.2. The van der Waals surface area contributed by atoms with E-state index in [2.05, 4.69) is 60.5 Å². The van der Waals surface area contributed by atoms with Gasteiger partial charge in [-0.1, -0.05) is 78.2 Å². The van der Waals surface area contributed by atoms with Crippen LogP contribution in [0.1, 0.15) is 86.3 Å². The van der Waals surface area contributed by atoms with Gasteiger partial charge < -0.3 is 8.95 Å². The van der Waals surface area contributed by atoms with Crippen molar-refractivity contribution in [1.29, 1.82) is 0 Å². The quantitative estimate of drug-likeness (QED) is 0.277. The van der Waals surface area contributed by atoms with Crippen LogP contribution in [0.15, 0.2) is 39.8 Å². The Labute approximate surface area is 219 Å². The lowest BCUT2D eigenvalue weighted by atomic mass is 9.90. The minimum atomic E-state index is -3.87. The van der Waals surface area contributed by atoms with Crippen molar-refractivity contribution in [3.8, 4) is 0 Å². The summed E-state index contributed by atoms with van der Waals surface area (Å²) in [5.41, 5.74) is 2.63. The van der Waals surface area contributed by atoms with E-state index in [9.17, 15) is 13.2 Å². The molecule has 0 saturated carbocycles. The van der Waals surface area contributed by atoms with E-state index < -0.39 is 34.1 Å². The number of hydrogen-bond acceptors (Lipinski definition) is 6. The second kappa shape index (κ2) is 10.9. The molecular formula is C28H45NO5SSi. The van der Waals surface area contributed by atoms with E-state index in [1.54, 1.807) is 30.3 Å². The van der Waals surface area contributed by atoms with Crippen LogP contribution in [-0.2, 0) is 30.9 Å². The van der Waals surface area contributed by atoms with Crippen LogP contribution in [0, 0.1) is 6.92 Å². The molecule has 2 rings (SSSR count). The second-order valence-corrected chi connectivity index (χ2v) is 20.1. The van der Waals surface area contributed by atoms with Crippen molar-refractivity contribution in [2.45, 2.75) is 114 Å². The maximum atomic E-state index is 13.2. The molecule has 1 aromatic carbocycles. The average Bonchev–Trinajstić information content (AvgIpc) is 3.23. The number of rotatable bonds is 12. The standard InChI is InChI=1S/C28H45NO5SSi/c1-19(2)36(20(3)4,21(5)6)33-18-27(8,9)25-16-23(34-29-25)17-26(30)28(10,11)35(31,32)24-14-12-22(7)13-15-24/h12-16,19-21H,17-18H2,1-11H3. The monoisotopic (exact) mass is 535 g/mol. The van der Waals surface area contributed by atoms with E-state index >= 15 is 0 Å². The molecule has 0 radical (unpaired) electrons. The molecule has 0 aliphatic rings. The fraction of sp³-hybridized carbons (Fsp3) is 0.643. The third-order valence-corrected chi connectivity index (χ3v) is 16.2. The molecular weight excluding hydrogens is 490 g/mol. The number of hydrogen-bond donors (Lipinski definition) is 0. The zero-order chi connectivity index (χ0) is 27.7. The maximum absolute atomic E-state index is 13.2. The number of aromatic nitrogens is 1. The molecule has 0 aliphatic heterocycles. The topological polar surface area (TPSA) is 86.5 Å². The van der Waals surface area contributed by atoms with Crippen LogP contribution in [0.5, 0.6) is 0 Å². The van der Waals surface area contributed by atoms with Crippen molar-refractivity contribution in [3.05, 3.63) is 47.3 Å². The van der Waals surface area contributed by atoms with Gasteiger partial charge in [0.2, 0.25) is 0 Å². The molecule has 0 atom stereocenters. The fourth-order valence-electron chi connectivity index (χ4n) is 5.13. The number of sulfone groups is 1. The van der Waals surface area contributed by atoms with Gasteiger partial charge in [0.1, 0.15) is 10.5 Å². The van der Waals surface area contributed by atoms with Crippen molar-refractivity contribution in [3.63, 3.8) is 0 Å². The van der Waals surface area contributed by atoms with Crippen LogP contribution >= 0.6 is 0 Å². The average molecular weight is 536 g/mol. The molecule has 0 fully saturated rings. The predicted octanol–water partition coefficient (Wildman–Crippen LogP) is 6.82. The molecule has 202 valence electrons. The minimum absolute atomic E-state index is 0.135. The summed E-state index contributed by atoms with van der Waals surface area (Å²) >= 11 is 0. The highest BCUT2D eigenvalue weighted by Gasteiger charge is 2.46. The fourth-order valence-corrected chi connectivity index (χ4v) is 12.2. The van der Waals surface area contributed by atoms with Crippen LogP contribution in [0.25, 0.3) is 0 Å². The number of aryl methyl sites for hydroxylation is 1. The molecule has 0 amide bonds. The third kappa shape index (κ3) is 5.86. The van der Waals surface area contributed by atoms with E-state index in [4.69, 9.17) is 8.95 Å². The Kier molecular flexibility index (Phi) is 9.23. The summed E-state index contributed by atoms with van der Waals surface area (Å²) in [7, 11) is -5.92. The van der Waals surface area contributed by atoms with Crippen LogP contribution in [0.2, 0.25) is 16.6 Å². The molecule has 8 heteroatoms. The Balaban J connectivity index is 2.22. The molecule has 0 spiro atoms. The molecule has 2 aromatic rings. The number of ketones is 1. The SMILES string of the molecule is Cc1ccc(S(=O)(=O)C(C)(C)C(=O)Cc2cc(C(C)(C)CO[Si](C(C)C)(C(C)C)C(C)C)no2)cc1. The summed E-state index contributed by atoms with van der Waals surface area (Å²) in [6, 6.07) is 8.32. The van der Waals surface area contributed by atoms with Gasteiger partial charge in [0.05, 0.1) is 17.0 Å². The molecule has 0 saturated heterocycles. The number of carbonyl (C=O) groups excluding carboxylic acids is 1. The molecule has 0 unspecified atom stereocenters. The first-order valence-corrected chi connectivity index (χ1v) is 16.5. The highest BCUT2D eigenvalue weighted by Crippen LogP contribution is 2.43. The first-order chi connectivity index (χ1) is 16.4. The van der Waals surface area contributed by atoms with Gasteiger partial charge >= 0.3 is 0 Å². The smallest absolute Gasteiger partial charge is 0.200 e. The van der Waals surface area contributed by atoms with Crippen molar-refractivity contribution < 1.29 is 22.2 Å². The lowest BCUT2D eigenvalue weighted by Crippen LogP contribution is -2.49. The number of nitrogens with zero attached hydrogens (tertiary/aromatic N) is 1. The molecule has 1 heterocycles. The predicted molar refractivity (Wildman–Crippen MR) is 148 cm³/mol. The van der Waals surface area contributed by atoms with E-state index in [1.807, 2.05) is 6.92 Å². The van der Waals surface area contributed by atoms with Gasteiger partial charge in [0.15, 0.2) is 23.9 Å². The van der Waals surface area contributed by atoms with Gasteiger partial charge in [-0.2, -0.15) is 0 Å². The van der Waals surface area contributed by atoms with Crippen molar-refractivity contribution in [2.24, 2.45) is 0 Å². The number of Topliss-reactive ketones (excluding diaryl/α,β-unsaturated/α-hetero) is 1. The Bertz CT molecular complexity index is 1120. The number of carbonyl (C=O) groups is 1. The van der Waals surface area contributed by atoms with Gasteiger partial charge in [0, 0.05) is 18.1 Å². The molecule has 0 bridgehead atoms. The zero-order valence-electron chi connectivity index (χ0n) is 23.9. The Hall–Kier alpha value is -1.77. The molecule has 6 nitrogen and oxygen atoms in total. The largest absolute Gasteiger partial charge is 0.415 e. The first-order valence-electron chi connectivity index (χ1n) is 12.8. The van der Waals surface area contributed by atoms with Gasteiger partial charge in [-0.3, -0.25) is 4.79 Å². The normalized spacial score (nSPS) is 13.7. The summed E-state index contributed by atoms with van der Waals surface area (Å²) in [4.78, 5) is 13.3. The van der Waals surface area contributed by atoms with E-state index in [1.165, 1.54) is 13.8 Å². The van der Waals surface area contributed by atoms with Crippen LogP contribution in [0.3, 0.4) is 0 Å². The minimum Gasteiger partial charge on any atom is -0.415 e. The van der Waals surface area contributed by atoms with Crippen LogP contribution in [-0.4, -0.2) is 39.0 Å². The molecule has 0 N–H and O–H groups in total. The molecule has 1 aromatic heterocycles. The van der Waals surface area contributed by atoms with Gasteiger partial charge in [-0.25, -0.2) is 8.42 Å². The van der Waals surface area contributed by atoms with E-state index in [-0.39, 0.29) is 11.3 Å². The van der Waals surface area contributed by atoms with Crippen molar-refractivity contribution >= 4 is 23.9 Å². The first kappa shape index (κ1) is 30.5. The zero-order valence-corrected chi connectivity index (χ0v) is 25.7. The Morgan fingerprint density at radius 1 is 0.972 bits per heavy atom. The summed E-state index contributed by atoms with van der Waals surface area (Å²) in [6.07, 6.45) is -0.148. The Morgan fingerprint density at radius 2 is 1.47 bits per heavy atom. The van der Waals surface area contributed by atoms with Crippen molar-refractivity contribution in [1.82, 2.24) is 5.16 Å². The van der Waals surface area contributed by atoms with E-state index in [0.29, 0.717) is 34.7 Å². The van der Waals surface area contributed by atoms with Gasteiger partial charge in [0.25, 0.3) is 0 Å². The van der Waals surface area contributed by atoms with Crippen LogP contribution < -0.4 is 0 Å². The lowest BCUT2D eigenvalue weighted by Gasteiger charge is -2.43. The van der Waals surface area contributed by atoms with E-state index in [0.717, 1.165) is 5.56 Å². The molecule has 36 heavy (non-hydrogen) atoms. The Morgan fingerprint density at radius 3 is 1.94 bits per heavy atom. The van der Waals surface area contributed by atoms with Crippen LogP contribution in [0.4, 0.5) is 0 Å². The van der Waals surface area contributed by atoms with Crippen molar-refractivity contribution in [2.75, 3.05) is 6.61 Å². The summed E-state index contributed by atoms with van der Waals surface area (Å²) in [5, 5.41) is 4.25. The molecule has 0 aliphatic carbocycles. The second-order valence-electron chi connectivity index (χ2n) is 12.1. The highest BCUT2D eigenvalue weighted by molar-refractivity contribution is 7.93. The van der Waals surface area contributed by atoms with Gasteiger partial charge in [-0.15, -0.1) is 0 Å². The summed E-state index contributed by atoms with van der Waals surface area (Å²) in [6.45, 7) is 22.9.